The molecule has 146 valence electrons. The molecule has 2 amide bonds. The second-order valence-corrected chi connectivity index (χ2v) is 6.96. The van der Waals surface area contributed by atoms with Crippen molar-refractivity contribution in [2.24, 2.45) is 5.92 Å². The minimum Gasteiger partial charge on any atom is -0.391 e. The second-order valence-electron chi connectivity index (χ2n) is 6.96. The number of carbonyl (C=O) groups excluding carboxylic acids is 2. The van der Waals surface area contributed by atoms with Crippen LogP contribution in [0.1, 0.15) is 41.1 Å². The Hall–Kier alpha value is -2.68. The molecular weight excluding hydrogens is 350 g/mol. The van der Waals surface area contributed by atoms with Crippen LogP contribution in [0.25, 0.3) is 0 Å². The third-order valence-corrected chi connectivity index (χ3v) is 4.93. The van der Waals surface area contributed by atoms with Crippen LogP contribution in [-0.2, 0) is 11.3 Å². The summed E-state index contributed by atoms with van der Waals surface area (Å²) in [6.45, 7) is 4.69. The van der Waals surface area contributed by atoms with Crippen molar-refractivity contribution >= 4 is 11.8 Å². The lowest BCUT2D eigenvalue weighted by Gasteiger charge is -2.16. The summed E-state index contributed by atoms with van der Waals surface area (Å²) in [5, 5.41) is 19.7. The Morgan fingerprint density at radius 2 is 2.19 bits per heavy atom. The average Bonchev–Trinajstić information content (AvgIpc) is 3.34. The van der Waals surface area contributed by atoms with Crippen molar-refractivity contribution in [2.45, 2.75) is 51.8 Å². The van der Waals surface area contributed by atoms with Gasteiger partial charge in [-0.2, -0.15) is 0 Å². The van der Waals surface area contributed by atoms with Gasteiger partial charge in [0.05, 0.1) is 24.2 Å². The number of aromatic nitrogens is 3. The highest BCUT2D eigenvalue weighted by atomic mass is 16.5. The lowest BCUT2D eigenvalue weighted by Crippen LogP contribution is -2.40. The Bertz CT molecular complexity index is 766. The summed E-state index contributed by atoms with van der Waals surface area (Å²) in [5.41, 5.74) is 0.888. The van der Waals surface area contributed by atoms with E-state index in [-0.39, 0.29) is 17.7 Å². The molecule has 1 fully saturated rings. The van der Waals surface area contributed by atoms with E-state index in [9.17, 15) is 14.7 Å². The molecule has 1 saturated carbocycles. The maximum atomic E-state index is 12.4. The molecule has 0 saturated heterocycles. The topological polar surface area (TPSA) is 122 Å². The minimum absolute atomic E-state index is 0.0891. The number of hydrogen-bond acceptors (Lipinski definition) is 6. The van der Waals surface area contributed by atoms with Crippen molar-refractivity contribution in [3.05, 3.63) is 35.7 Å². The predicted octanol–water partition coefficient (Wildman–Crippen LogP) is 0.564. The molecule has 0 bridgehead atoms. The predicted molar refractivity (Wildman–Crippen MR) is 95.8 cm³/mol. The van der Waals surface area contributed by atoms with E-state index in [1.807, 2.05) is 10.8 Å². The normalized spacial score (nSPS) is 22.0. The monoisotopic (exact) mass is 375 g/mol. The number of nitrogens with zero attached hydrogens (tertiary/aromatic N) is 3. The molecule has 0 radical (unpaired) electrons. The first-order valence-corrected chi connectivity index (χ1v) is 9.11. The van der Waals surface area contributed by atoms with Gasteiger partial charge in [-0.15, -0.1) is 0 Å². The molecule has 2 aromatic heterocycles. The summed E-state index contributed by atoms with van der Waals surface area (Å²) in [7, 11) is 0. The van der Waals surface area contributed by atoms with Crippen LogP contribution >= 0.6 is 0 Å². The maximum absolute atomic E-state index is 12.4. The zero-order chi connectivity index (χ0) is 19.4. The minimum atomic E-state index is -0.754. The van der Waals surface area contributed by atoms with Crippen molar-refractivity contribution < 1.29 is 19.2 Å². The van der Waals surface area contributed by atoms with Crippen LogP contribution in [-0.4, -0.2) is 50.3 Å². The van der Waals surface area contributed by atoms with E-state index in [0.717, 1.165) is 13.0 Å². The van der Waals surface area contributed by atoms with E-state index in [1.165, 1.54) is 0 Å². The first-order chi connectivity index (χ1) is 13.0. The number of amides is 2. The van der Waals surface area contributed by atoms with Crippen LogP contribution in [0.2, 0.25) is 0 Å². The van der Waals surface area contributed by atoms with E-state index in [2.05, 4.69) is 20.8 Å². The van der Waals surface area contributed by atoms with Gasteiger partial charge in [-0.05, 0) is 33.1 Å². The molecule has 27 heavy (non-hydrogen) atoms. The van der Waals surface area contributed by atoms with E-state index in [0.29, 0.717) is 36.4 Å². The summed E-state index contributed by atoms with van der Waals surface area (Å²) < 4.78 is 6.96. The molecule has 1 aliphatic rings. The first kappa shape index (κ1) is 19.1. The summed E-state index contributed by atoms with van der Waals surface area (Å²) in [6, 6.07) is -0.465. The molecule has 0 aromatic carbocycles. The number of imidazole rings is 1. The van der Waals surface area contributed by atoms with Gasteiger partial charge in [0.2, 0.25) is 5.91 Å². The third kappa shape index (κ3) is 4.54. The van der Waals surface area contributed by atoms with Crippen LogP contribution in [0.15, 0.2) is 23.2 Å². The number of hydrogen-bond donors (Lipinski definition) is 3. The zero-order valence-corrected chi connectivity index (χ0v) is 15.5. The molecule has 9 nitrogen and oxygen atoms in total. The number of nitrogens with one attached hydrogen (secondary N) is 2. The van der Waals surface area contributed by atoms with Crippen molar-refractivity contribution in [3.8, 4) is 0 Å². The molecule has 3 atom stereocenters. The maximum Gasteiger partial charge on any atom is 0.257 e. The average molecular weight is 375 g/mol. The number of carbonyl (C=O) groups is 2. The molecule has 9 heteroatoms. The van der Waals surface area contributed by atoms with Crippen LogP contribution < -0.4 is 10.6 Å². The van der Waals surface area contributed by atoms with Gasteiger partial charge >= 0.3 is 0 Å². The Labute approximate surface area is 157 Å². The van der Waals surface area contributed by atoms with Crippen molar-refractivity contribution in [1.82, 2.24) is 25.3 Å². The van der Waals surface area contributed by atoms with Gasteiger partial charge in [0, 0.05) is 31.4 Å². The quantitative estimate of drug-likeness (QED) is 0.608. The lowest BCUT2D eigenvalue weighted by molar-refractivity contribution is -0.125. The summed E-state index contributed by atoms with van der Waals surface area (Å²) in [4.78, 5) is 28.7. The van der Waals surface area contributed by atoms with Crippen molar-refractivity contribution in [1.29, 1.82) is 0 Å². The molecule has 1 aliphatic carbocycles. The molecule has 2 heterocycles. The zero-order valence-electron chi connectivity index (χ0n) is 15.5. The number of aliphatic hydroxyl groups is 1. The fourth-order valence-corrected chi connectivity index (χ4v) is 3.47. The Morgan fingerprint density at radius 3 is 2.85 bits per heavy atom. The van der Waals surface area contributed by atoms with E-state index in [4.69, 9.17) is 4.52 Å². The SMILES string of the molecule is Cc1noc(C)c1C(=O)N[C@@H]1C[C@H](C(=O)NCCCn2ccnc2)C[C@H]1O. The number of aliphatic hydroxyl groups excluding tert-OH is 1. The molecule has 0 unspecified atom stereocenters. The van der Waals surface area contributed by atoms with Gasteiger partial charge < -0.3 is 24.8 Å². The molecule has 0 spiro atoms. The second kappa shape index (κ2) is 8.34. The molecular formula is C18H25N5O4. The van der Waals surface area contributed by atoms with E-state index < -0.39 is 12.1 Å². The van der Waals surface area contributed by atoms with E-state index in [1.54, 1.807) is 26.4 Å². The van der Waals surface area contributed by atoms with Gasteiger partial charge in [-0.25, -0.2) is 4.98 Å². The van der Waals surface area contributed by atoms with Gasteiger partial charge in [-0.1, -0.05) is 5.16 Å². The molecule has 3 rings (SSSR count). The van der Waals surface area contributed by atoms with Crippen molar-refractivity contribution in [3.63, 3.8) is 0 Å². The Balaban J connectivity index is 1.45. The van der Waals surface area contributed by atoms with E-state index >= 15 is 0 Å². The fraction of sp³-hybridized carbons (Fsp3) is 0.556. The smallest absolute Gasteiger partial charge is 0.257 e. The number of aryl methyl sites for hydroxylation is 3. The van der Waals surface area contributed by atoms with Crippen molar-refractivity contribution in [2.75, 3.05) is 6.54 Å². The lowest BCUT2D eigenvalue weighted by atomic mass is 10.1. The first-order valence-electron chi connectivity index (χ1n) is 9.11. The summed E-state index contributed by atoms with van der Waals surface area (Å²) in [6.07, 6.45) is 6.11. The molecule has 0 aliphatic heterocycles. The van der Waals surface area contributed by atoms with Gasteiger partial charge in [0.1, 0.15) is 11.3 Å². The summed E-state index contributed by atoms with van der Waals surface area (Å²) in [5.74, 6) is -0.307. The third-order valence-electron chi connectivity index (χ3n) is 4.93. The van der Waals surface area contributed by atoms with Crippen LogP contribution in [0.5, 0.6) is 0 Å². The van der Waals surface area contributed by atoms with Gasteiger partial charge in [0.15, 0.2) is 0 Å². The molecule has 3 N–H and O–H groups in total. The van der Waals surface area contributed by atoms with Crippen LogP contribution in [0, 0.1) is 19.8 Å². The largest absolute Gasteiger partial charge is 0.391 e. The van der Waals surface area contributed by atoms with Crippen LogP contribution in [0.4, 0.5) is 0 Å². The fourth-order valence-electron chi connectivity index (χ4n) is 3.47. The number of rotatable bonds is 7. The van der Waals surface area contributed by atoms with Gasteiger partial charge in [0.25, 0.3) is 5.91 Å². The molecule has 2 aromatic rings. The highest BCUT2D eigenvalue weighted by Gasteiger charge is 2.38. The highest BCUT2D eigenvalue weighted by Crippen LogP contribution is 2.27. The highest BCUT2D eigenvalue weighted by molar-refractivity contribution is 5.96. The Morgan fingerprint density at radius 1 is 1.37 bits per heavy atom. The standard InChI is InChI=1S/C18H25N5O4/c1-11-16(12(2)27-22-11)18(26)21-14-8-13(9-15(14)24)17(25)20-4-3-6-23-7-5-19-10-23/h5,7,10,13-15,24H,3-4,6,8-9H2,1-2H3,(H,20,25)(H,21,26)/t13-,14+,15+/m0/s1. The Kier molecular flexibility index (Phi) is 5.90. The van der Waals surface area contributed by atoms with Crippen LogP contribution in [0.3, 0.4) is 0 Å². The summed E-state index contributed by atoms with van der Waals surface area (Å²) >= 11 is 0. The van der Waals surface area contributed by atoms with Gasteiger partial charge in [-0.3, -0.25) is 9.59 Å².